The Labute approximate surface area is 102 Å². The van der Waals surface area contributed by atoms with Crippen molar-refractivity contribution in [2.24, 2.45) is 0 Å². The number of sulfone groups is 1. The lowest BCUT2D eigenvalue weighted by atomic mass is 9.98. The summed E-state index contributed by atoms with van der Waals surface area (Å²) >= 11 is 0. The Balaban J connectivity index is 2.52. The Kier molecular flexibility index (Phi) is 3.04. The van der Waals surface area contributed by atoms with Gasteiger partial charge in [0.15, 0.2) is 9.84 Å². The summed E-state index contributed by atoms with van der Waals surface area (Å²) in [6.45, 7) is 3.23. The smallest absolute Gasteiger partial charge is 0.181 e. The lowest BCUT2D eigenvalue weighted by Crippen LogP contribution is -2.31. The van der Waals surface area contributed by atoms with Crippen LogP contribution < -0.4 is 0 Å². The predicted octanol–water partition coefficient (Wildman–Crippen LogP) is 2.24. The highest BCUT2D eigenvalue weighted by Gasteiger charge is 2.36. The zero-order valence-electron chi connectivity index (χ0n) is 10.2. The molecule has 3 nitrogen and oxygen atoms in total. The molecule has 0 saturated heterocycles. The van der Waals surface area contributed by atoms with E-state index in [0.717, 1.165) is 19.3 Å². The van der Waals surface area contributed by atoms with Crippen molar-refractivity contribution in [3.8, 4) is 0 Å². The maximum Gasteiger partial charge on any atom is 0.181 e. The van der Waals surface area contributed by atoms with Gasteiger partial charge in [-0.2, -0.15) is 0 Å². The molecule has 0 unspecified atom stereocenters. The molecule has 0 amide bonds. The van der Waals surface area contributed by atoms with Crippen molar-refractivity contribution in [2.75, 3.05) is 0 Å². The van der Waals surface area contributed by atoms with Crippen LogP contribution in [0.3, 0.4) is 0 Å². The minimum absolute atomic E-state index is 0.258. The number of rotatable bonds is 3. The highest BCUT2D eigenvalue weighted by molar-refractivity contribution is 7.92. The van der Waals surface area contributed by atoms with E-state index in [-0.39, 0.29) is 10.1 Å². The Bertz CT molecular complexity index is 508. The van der Waals surface area contributed by atoms with Crippen LogP contribution in [0.25, 0.3) is 0 Å². The normalized spacial score (nSPS) is 17.8. The van der Waals surface area contributed by atoms with Crippen molar-refractivity contribution in [3.05, 3.63) is 29.8 Å². The lowest BCUT2D eigenvalue weighted by molar-refractivity contribution is 0.0755. The first-order chi connectivity index (χ1) is 7.83. The Morgan fingerprint density at radius 3 is 2.29 bits per heavy atom. The zero-order chi connectivity index (χ0) is 12.7. The minimum Gasteiger partial charge on any atom is -0.386 e. The van der Waals surface area contributed by atoms with Crippen LogP contribution in [0, 0.1) is 0 Å². The lowest BCUT2D eigenvalue weighted by Gasteiger charge is -2.28. The molecule has 0 spiro atoms. The van der Waals surface area contributed by atoms with Crippen molar-refractivity contribution in [1.82, 2.24) is 0 Å². The maximum absolute atomic E-state index is 12.4. The van der Waals surface area contributed by atoms with E-state index in [1.807, 2.05) is 0 Å². The third-order valence-corrected chi connectivity index (χ3v) is 5.66. The topological polar surface area (TPSA) is 54.4 Å². The van der Waals surface area contributed by atoms with Gasteiger partial charge in [0.25, 0.3) is 0 Å². The van der Waals surface area contributed by atoms with Crippen molar-refractivity contribution in [3.63, 3.8) is 0 Å². The van der Waals surface area contributed by atoms with E-state index in [1.54, 1.807) is 38.1 Å². The van der Waals surface area contributed by atoms with Gasteiger partial charge in [0.05, 0.1) is 15.7 Å². The van der Waals surface area contributed by atoms with Crippen molar-refractivity contribution in [1.29, 1.82) is 0 Å². The van der Waals surface area contributed by atoms with E-state index in [1.165, 1.54) is 0 Å². The van der Waals surface area contributed by atoms with Crippen LogP contribution in [0.5, 0.6) is 0 Å². The van der Waals surface area contributed by atoms with Gasteiger partial charge in [0.1, 0.15) is 0 Å². The molecule has 1 saturated carbocycles. The third-order valence-electron chi connectivity index (χ3n) is 3.34. The second-order valence-electron chi connectivity index (χ2n) is 5.15. The van der Waals surface area contributed by atoms with Gasteiger partial charge in [-0.3, -0.25) is 0 Å². The average molecular weight is 254 g/mol. The van der Waals surface area contributed by atoms with Gasteiger partial charge >= 0.3 is 0 Å². The molecule has 0 heterocycles. The van der Waals surface area contributed by atoms with Crippen molar-refractivity contribution >= 4 is 9.84 Å². The second-order valence-corrected chi connectivity index (χ2v) is 7.35. The molecule has 94 valence electrons. The van der Waals surface area contributed by atoms with Gasteiger partial charge < -0.3 is 5.11 Å². The first-order valence-corrected chi connectivity index (χ1v) is 7.44. The standard InChI is InChI=1S/C13H18O3S/c1-13(2,14)11-8-3-4-9-12(11)17(15,16)10-6-5-7-10/h3-4,8-10,14H,5-7H2,1-2H3. The summed E-state index contributed by atoms with van der Waals surface area (Å²) in [6.07, 6.45) is 2.46. The van der Waals surface area contributed by atoms with E-state index in [2.05, 4.69) is 0 Å². The monoisotopic (exact) mass is 254 g/mol. The second kappa shape index (κ2) is 4.10. The molecule has 2 rings (SSSR count). The van der Waals surface area contributed by atoms with Gasteiger partial charge in [-0.1, -0.05) is 24.6 Å². The van der Waals surface area contributed by atoms with Crippen LogP contribution >= 0.6 is 0 Å². The Morgan fingerprint density at radius 1 is 1.24 bits per heavy atom. The zero-order valence-corrected chi connectivity index (χ0v) is 11.0. The number of hydrogen-bond donors (Lipinski definition) is 1. The van der Waals surface area contributed by atoms with Crippen LogP contribution in [0.15, 0.2) is 29.2 Å². The maximum atomic E-state index is 12.4. The molecule has 17 heavy (non-hydrogen) atoms. The molecular weight excluding hydrogens is 236 g/mol. The number of hydrogen-bond acceptors (Lipinski definition) is 3. The fourth-order valence-electron chi connectivity index (χ4n) is 2.08. The molecular formula is C13H18O3S. The van der Waals surface area contributed by atoms with E-state index < -0.39 is 15.4 Å². The summed E-state index contributed by atoms with van der Waals surface area (Å²) < 4.78 is 24.7. The first-order valence-electron chi connectivity index (χ1n) is 5.89. The fourth-order valence-corrected chi connectivity index (χ4v) is 4.29. The summed E-state index contributed by atoms with van der Waals surface area (Å²) in [6, 6.07) is 6.75. The SMILES string of the molecule is CC(C)(O)c1ccccc1S(=O)(=O)C1CCC1. The average Bonchev–Trinajstić information content (AvgIpc) is 2.13. The minimum atomic E-state index is -3.28. The first kappa shape index (κ1) is 12.6. The van der Waals surface area contributed by atoms with E-state index in [9.17, 15) is 13.5 Å². The molecule has 1 aliphatic rings. The molecule has 1 aromatic rings. The van der Waals surface area contributed by atoms with Crippen LogP contribution in [0.2, 0.25) is 0 Å². The quantitative estimate of drug-likeness (QED) is 0.900. The number of benzene rings is 1. The van der Waals surface area contributed by atoms with Gasteiger partial charge in [-0.15, -0.1) is 0 Å². The van der Waals surface area contributed by atoms with Crippen LogP contribution in [-0.4, -0.2) is 18.8 Å². The van der Waals surface area contributed by atoms with E-state index in [4.69, 9.17) is 0 Å². The Hall–Kier alpha value is -0.870. The third kappa shape index (κ3) is 2.24. The largest absolute Gasteiger partial charge is 0.386 e. The summed E-state index contributed by atoms with van der Waals surface area (Å²) in [5.74, 6) is 0. The molecule has 0 aliphatic heterocycles. The molecule has 1 aliphatic carbocycles. The van der Waals surface area contributed by atoms with Gasteiger partial charge in [-0.05, 0) is 32.8 Å². The summed E-state index contributed by atoms with van der Waals surface area (Å²) in [5.41, 5.74) is -0.639. The summed E-state index contributed by atoms with van der Waals surface area (Å²) in [5, 5.41) is 9.78. The van der Waals surface area contributed by atoms with Gasteiger partial charge in [0, 0.05) is 5.56 Å². The summed E-state index contributed by atoms with van der Waals surface area (Å²) in [4.78, 5) is 0.289. The van der Waals surface area contributed by atoms with Crippen LogP contribution in [0.4, 0.5) is 0 Å². The summed E-state index contributed by atoms with van der Waals surface area (Å²) in [7, 11) is -3.28. The molecule has 1 N–H and O–H groups in total. The van der Waals surface area contributed by atoms with Crippen molar-refractivity contribution < 1.29 is 13.5 Å². The fraction of sp³-hybridized carbons (Fsp3) is 0.538. The molecule has 1 fully saturated rings. The molecule has 0 bridgehead atoms. The molecule has 0 atom stereocenters. The molecule has 0 aromatic heterocycles. The predicted molar refractivity (Wildman–Crippen MR) is 66.5 cm³/mol. The molecule has 0 radical (unpaired) electrons. The van der Waals surface area contributed by atoms with Crippen LogP contribution in [-0.2, 0) is 15.4 Å². The van der Waals surface area contributed by atoms with E-state index >= 15 is 0 Å². The van der Waals surface area contributed by atoms with E-state index in [0.29, 0.717) is 5.56 Å². The Morgan fingerprint density at radius 2 is 1.82 bits per heavy atom. The highest BCUT2D eigenvalue weighted by Crippen LogP contribution is 2.35. The highest BCUT2D eigenvalue weighted by atomic mass is 32.2. The van der Waals surface area contributed by atoms with Gasteiger partial charge in [-0.25, -0.2) is 8.42 Å². The number of aliphatic hydroxyl groups is 1. The van der Waals surface area contributed by atoms with Gasteiger partial charge in [0.2, 0.25) is 0 Å². The molecule has 1 aromatic carbocycles. The van der Waals surface area contributed by atoms with Crippen molar-refractivity contribution in [2.45, 2.75) is 48.9 Å². The molecule has 4 heteroatoms. The van der Waals surface area contributed by atoms with Crippen LogP contribution in [0.1, 0.15) is 38.7 Å².